The highest BCUT2D eigenvalue weighted by Gasteiger charge is 2.18. The Balaban J connectivity index is 2.55. The fourth-order valence-corrected chi connectivity index (χ4v) is 2.40. The van der Waals surface area contributed by atoms with Gasteiger partial charge in [-0.25, -0.2) is 14.8 Å². The molecule has 0 amide bonds. The van der Waals surface area contributed by atoms with E-state index in [9.17, 15) is 4.79 Å². The summed E-state index contributed by atoms with van der Waals surface area (Å²) in [5.41, 5.74) is 0.149. The van der Waals surface area contributed by atoms with Crippen molar-refractivity contribution in [2.45, 2.75) is 27.2 Å². The first-order valence-corrected chi connectivity index (χ1v) is 6.22. The normalized spacial score (nSPS) is 11.9. The highest BCUT2D eigenvalue weighted by molar-refractivity contribution is 7.16. The molecule has 0 fully saturated rings. The van der Waals surface area contributed by atoms with Crippen LogP contribution in [0.5, 0.6) is 0 Å². The van der Waals surface area contributed by atoms with Crippen molar-refractivity contribution >= 4 is 27.5 Å². The number of rotatable bonds is 2. The fourth-order valence-electron chi connectivity index (χ4n) is 1.62. The molecule has 0 unspecified atom stereocenters. The second kappa shape index (κ2) is 4.07. The average Bonchev–Trinajstić information content (AvgIpc) is 2.60. The largest absolute Gasteiger partial charge is 0.476 e. The number of carboxylic acids is 1. The Bertz CT molecular complexity index is 569. The van der Waals surface area contributed by atoms with E-state index in [1.165, 1.54) is 11.3 Å². The number of aromatic carboxylic acids is 1. The van der Waals surface area contributed by atoms with Crippen molar-refractivity contribution in [1.29, 1.82) is 0 Å². The van der Waals surface area contributed by atoms with E-state index in [4.69, 9.17) is 5.11 Å². The number of carbonyl (C=O) groups is 1. The number of hydrogen-bond acceptors (Lipinski definition) is 4. The molecular weight excluding hydrogens is 236 g/mol. The van der Waals surface area contributed by atoms with Gasteiger partial charge in [-0.3, -0.25) is 0 Å². The third-order valence-electron chi connectivity index (χ3n) is 2.26. The van der Waals surface area contributed by atoms with Crippen molar-refractivity contribution in [3.63, 3.8) is 0 Å². The van der Waals surface area contributed by atoms with Crippen LogP contribution in [0.4, 0.5) is 0 Å². The zero-order chi connectivity index (χ0) is 12.6. The lowest BCUT2D eigenvalue weighted by atomic mass is 9.92. The van der Waals surface area contributed by atoms with Crippen LogP contribution in [0.2, 0.25) is 0 Å². The van der Waals surface area contributed by atoms with Crippen LogP contribution in [0.15, 0.2) is 11.4 Å². The molecule has 0 atom stereocenters. The van der Waals surface area contributed by atoms with Crippen LogP contribution in [0.25, 0.3) is 10.2 Å². The van der Waals surface area contributed by atoms with Crippen LogP contribution in [0, 0.1) is 5.41 Å². The molecule has 0 radical (unpaired) electrons. The lowest BCUT2D eigenvalue weighted by Gasteiger charge is -2.16. The van der Waals surface area contributed by atoms with E-state index in [2.05, 4.69) is 30.7 Å². The van der Waals surface area contributed by atoms with Gasteiger partial charge in [0.2, 0.25) is 0 Å². The minimum atomic E-state index is -0.994. The quantitative estimate of drug-likeness (QED) is 0.890. The van der Waals surface area contributed by atoms with Crippen LogP contribution in [0.3, 0.4) is 0 Å². The molecule has 2 aromatic rings. The minimum absolute atomic E-state index is 0.0424. The predicted octanol–water partition coefficient (Wildman–Crippen LogP) is 2.98. The van der Waals surface area contributed by atoms with E-state index in [0.29, 0.717) is 17.6 Å². The SMILES string of the molecule is CC(C)(C)Cc1nc(C(=O)O)c2ccsc2n1. The van der Waals surface area contributed by atoms with Gasteiger partial charge < -0.3 is 5.11 Å². The van der Waals surface area contributed by atoms with Crippen LogP contribution < -0.4 is 0 Å². The number of fused-ring (bicyclic) bond motifs is 1. The van der Waals surface area contributed by atoms with Crippen LogP contribution in [-0.2, 0) is 6.42 Å². The molecule has 90 valence electrons. The number of nitrogens with zero attached hydrogens (tertiary/aromatic N) is 2. The summed E-state index contributed by atoms with van der Waals surface area (Å²) < 4.78 is 0. The molecule has 0 saturated heterocycles. The molecule has 0 aliphatic carbocycles. The van der Waals surface area contributed by atoms with Crippen LogP contribution in [0.1, 0.15) is 37.1 Å². The van der Waals surface area contributed by atoms with E-state index in [1.807, 2.05) is 5.38 Å². The molecule has 1 N–H and O–H groups in total. The number of hydrogen-bond donors (Lipinski definition) is 1. The number of thiophene rings is 1. The monoisotopic (exact) mass is 250 g/mol. The topological polar surface area (TPSA) is 63.1 Å². The molecule has 0 saturated carbocycles. The third-order valence-corrected chi connectivity index (χ3v) is 3.07. The maximum absolute atomic E-state index is 11.1. The minimum Gasteiger partial charge on any atom is -0.476 e. The van der Waals surface area contributed by atoms with Gasteiger partial charge in [0.1, 0.15) is 10.7 Å². The van der Waals surface area contributed by atoms with Crippen molar-refractivity contribution in [3.8, 4) is 0 Å². The van der Waals surface area contributed by atoms with Gasteiger partial charge in [0.15, 0.2) is 5.69 Å². The fraction of sp³-hybridized carbons (Fsp3) is 0.417. The zero-order valence-electron chi connectivity index (χ0n) is 10.0. The van der Waals surface area contributed by atoms with E-state index in [1.54, 1.807) is 6.07 Å². The molecule has 0 aliphatic rings. The molecule has 0 bridgehead atoms. The Morgan fingerprint density at radius 1 is 1.41 bits per heavy atom. The summed E-state index contributed by atoms with van der Waals surface area (Å²) in [6.07, 6.45) is 0.668. The lowest BCUT2D eigenvalue weighted by Crippen LogP contribution is -2.14. The Morgan fingerprint density at radius 2 is 2.12 bits per heavy atom. The summed E-state index contributed by atoms with van der Waals surface area (Å²) in [6, 6.07) is 1.75. The molecule has 2 aromatic heterocycles. The molecule has 2 rings (SSSR count). The maximum atomic E-state index is 11.1. The van der Waals surface area contributed by atoms with Gasteiger partial charge in [-0.15, -0.1) is 11.3 Å². The number of carboxylic acid groups (broad SMARTS) is 1. The molecule has 0 aliphatic heterocycles. The van der Waals surface area contributed by atoms with E-state index in [-0.39, 0.29) is 11.1 Å². The van der Waals surface area contributed by atoms with Gasteiger partial charge in [0.05, 0.1) is 0 Å². The Hall–Kier alpha value is -1.49. The molecule has 17 heavy (non-hydrogen) atoms. The first-order chi connectivity index (χ1) is 7.87. The third kappa shape index (κ3) is 2.61. The highest BCUT2D eigenvalue weighted by atomic mass is 32.1. The number of aromatic nitrogens is 2. The van der Waals surface area contributed by atoms with E-state index < -0.39 is 5.97 Å². The Labute approximate surface area is 103 Å². The summed E-state index contributed by atoms with van der Waals surface area (Å²) in [4.78, 5) is 20.5. The molecule has 0 spiro atoms. The standard InChI is InChI=1S/C12H14N2O2S/c1-12(2,3)6-8-13-9(11(15)16)7-4-5-17-10(7)14-8/h4-5H,6H2,1-3H3,(H,15,16). The van der Waals surface area contributed by atoms with Gasteiger partial charge in [-0.05, 0) is 16.9 Å². The summed E-state index contributed by atoms with van der Waals surface area (Å²) in [6.45, 7) is 6.24. The summed E-state index contributed by atoms with van der Waals surface area (Å²) in [7, 11) is 0. The summed E-state index contributed by atoms with van der Waals surface area (Å²) in [5, 5.41) is 11.6. The molecule has 2 heterocycles. The predicted molar refractivity (Wildman–Crippen MR) is 67.5 cm³/mol. The summed E-state index contributed by atoms with van der Waals surface area (Å²) >= 11 is 1.44. The van der Waals surface area contributed by atoms with Gasteiger partial charge in [-0.1, -0.05) is 20.8 Å². The van der Waals surface area contributed by atoms with Gasteiger partial charge in [-0.2, -0.15) is 0 Å². The molecule has 4 nitrogen and oxygen atoms in total. The molecule has 5 heteroatoms. The lowest BCUT2D eigenvalue weighted by molar-refractivity contribution is 0.0692. The molecule has 0 aromatic carbocycles. The first-order valence-electron chi connectivity index (χ1n) is 5.34. The van der Waals surface area contributed by atoms with E-state index in [0.717, 1.165) is 4.83 Å². The average molecular weight is 250 g/mol. The zero-order valence-corrected chi connectivity index (χ0v) is 10.8. The smallest absolute Gasteiger partial charge is 0.355 e. The van der Waals surface area contributed by atoms with Crippen LogP contribution >= 0.6 is 11.3 Å². The maximum Gasteiger partial charge on any atom is 0.355 e. The first kappa shape index (κ1) is 12.0. The van der Waals surface area contributed by atoms with E-state index >= 15 is 0 Å². The van der Waals surface area contributed by atoms with Crippen molar-refractivity contribution in [1.82, 2.24) is 9.97 Å². The Morgan fingerprint density at radius 3 is 2.71 bits per heavy atom. The Kier molecular flexibility index (Phi) is 2.87. The van der Waals surface area contributed by atoms with Gasteiger partial charge >= 0.3 is 5.97 Å². The second-order valence-electron chi connectivity index (χ2n) is 5.17. The van der Waals surface area contributed by atoms with Gasteiger partial charge in [0, 0.05) is 11.8 Å². The molecular formula is C12H14N2O2S. The van der Waals surface area contributed by atoms with Gasteiger partial charge in [0.25, 0.3) is 0 Å². The van der Waals surface area contributed by atoms with Crippen molar-refractivity contribution in [3.05, 3.63) is 23.0 Å². The summed E-state index contributed by atoms with van der Waals surface area (Å²) in [5.74, 6) is -0.393. The van der Waals surface area contributed by atoms with Crippen molar-refractivity contribution in [2.75, 3.05) is 0 Å². The van der Waals surface area contributed by atoms with Crippen LogP contribution in [-0.4, -0.2) is 21.0 Å². The van der Waals surface area contributed by atoms with Crippen molar-refractivity contribution < 1.29 is 9.90 Å². The second-order valence-corrected chi connectivity index (χ2v) is 6.07. The van der Waals surface area contributed by atoms with Crippen molar-refractivity contribution in [2.24, 2.45) is 5.41 Å². The highest BCUT2D eigenvalue weighted by Crippen LogP contribution is 2.24.